The molecule has 2 aromatic carbocycles. The van der Waals surface area contributed by atoms with Gasteiger partial charge in [0.2, 0.25) is 5.91 Å². The van der Waals surface area contributed by atoms with Gasteiger partial charge in [-0.15, -0.1) is 0 Å². The van der Waals surface area contributed by atoms with Crippen LogP contribution in [-0.2, 0) is 24.4 Å². The molecule has 2 N–H and O–H groups in total. The number of aliphatic imine (C=N–C) groups is 1. The molecule has 1 amide bonds. The van der Waals surface area contributed by atoms with E-state index in [0.717, 1.165) is 50.5 Å². The Morgan fingerprint density at radius 2 is 1.94 bits per heavy atom. The molecule has 0 unspecified atom stereocenters. The lowest BCUT2D eigenvalue weighted by Gasteiger charge is -2.16. The van der Waals surface area contributed by atoms with Crippen LogP contribution in [0, 0.1) is 0 Å². The third-order valence-corrected chi connectivity index (χ3v) is 5.85. The second-order valence-corrected chi connectivity index (χ2v) is 8.28. The molecular weight excluding hydrogens is 398 g/mol. The Morgan fingerprint density at radius 1 is 1.06 bits per heavy atom. The summed E-state index contributed by atoms with van der Waals surface area (Å²) in [6.07, 6.45) is 4.83. The number of para-hydroxylation sites is 1. The number of carbonyl (C=O) groups is 1. The molecular formula is C26H33N5O. The first-order chi connectivity index (χ1) is 15.7. The van der Waals surface area contributed by atoms with E-state index >= 15 is 0 Å². The molecule has 0 radical (unpaired) electrons. The van der Waals surface area contributed by atoms with Crippen LogP contribution in [0.4, 0.5) is 0 Å². The molecule has 2 heterocycles. The summed E-state index contributed by atoms with van der Waals surface area (Å²) in [5, 5.41) is 8.07. The van der Waals surface area contributed by atoms with Gasteiger partial charge in [-0.1, -0.05) is 42.5 Å². The number of carbonyl (C=O) groups excluding carboxylic acids is 1. The number of guanidine groups is 1. The van der Waals surface area contributed by atoms with Crippen LogP contribution in [0.15, 0.2) is 65.8 Å². The number of nitrogens with zero attached hydrogens (tertiary/aromatic N) is 3. The minimum absolute atomic E-state index is 0.264. The van der Waals surface area contributed by atoms with Crippen molar-refractivity contribution in [3.63, 3.8) is 0 Å². The van der Waals surface area contributed by atoms with E-state index in [1.807, 2.05) is 4.90 Å². The molecule has 6 nitrogen and oxygen atoms in total. The zero-order chi connectivity index (χ0) is 22.2. The zero-order valence-corrected chi connectivity index (χ0v) is 18.9. The van der Waals surface area contributed by atoms with Crippen LogP contribution < -0.4 is 10.6 Å². The number of rotatable bonds is 9. The highest BCUT2D eigenvalue weighted by molar-refractivity contribution is 5.80. The van der Waals surface area contributed by atoms with Gasteiger partial charge in [-0.2, -0.15) is 0 Å². The Balaban J connectivity index is 1.29. The summed E-state index contributed by atoms with van der Waals surface area (Å²) in [7, 11) is 0. The minimum atomic E-state index is 0.264. The Bertz CT molecular complexity index is 1070. The first kappa shape index (κ1) is 21.9. The summed E-state index contributed by atoms with van der Waals surface area (Å²) in [6, 6.07) is 19.1. The number of likely N-dealkylation sites (tertiary alicyclic amines) is 1. The van der Waals surface area contributed by atoms with Gasteiger partial charge < -0.3 is 20.1 Å². The first-order valence-corrected chi connectivity index (χ1v) is 11.6. The SMILES string of the molecule is CCNC(=NCc1cccc(CN2CCCC2=O)c1)NCCCn1ccc2ccccc21. The number of benzene rings is 2. The maximum atomic E-state index is 11.9. The summed E-state index contributed by atoms with van der Waals surface area (Å²) in [6.45, 7) is 6.91. The predicted octanol–water partition coefficient (Wildman–Crippen LogP) is 3.91. The van der Waals surface area contributed by atoms with Crippen molar-refractivity contribution in [3.8, 4) is 0 Å². The van der Waals surface area contributed by atoms with Crippen molar-refractivity contribution in [1.82, 2.24) is 20.1 Å². The minimum Gasteiger partial charge on any atom is -0.357 e. The van der Waals surface area contributed by atoms with Gasteiger partial charge in [0.05, 0.1) is 6.54 Å². The molecule has 6 heteroatoms. The third kappa shape index (κ3) is 5.69. The smallest absolute Gasteiger partial charge is 0.222 e. The first-order valence-electron chi connectivity index (χ1n) is 11.6. The van der Waals surface area contributed by atoms with E-state index in [1.54, 1.807) is 0 Å². The highest BCUT2D eigenvalue weighted by Crippen LogP contribution is 2.16. The van der Waals surface area contributed by atoms with Crippen molar-refractivity contribution >= 4 is 22.8 Å². The Hall–Kier alpha value is -3.28. The monoisotopic (exact) mass is 431 g/mol. The molecule has 1 aliphatic heterocycles. The standard InChI is InChI=1S/C26H33N5O/c1-2-27-26(28-14-7-16-30-17-13-23-10-3-4-11-24(23)30)29-19-21-8-5-9-22(18-21)20-31-15-6-12-25(31)32/h3-5,8-11,13,17-18H,2,6-7,12,14-16,19-20H2,1H3,(H2,27,28,29). The lowest BCUT2D eigenvalue weighted by atomic mass is 10.1. The average molecular weight is 432 g/mol. The molecule has 1 saturated heterocycles. The van der Waals surface area contributed by atoms with Gasteiger partial charge in [0.25, 0.3) is 0 Å². The molecule has 0 aliphatic carbocycles. The summed E-state index contributed by atoms with van der Waals surface area (Å²) in [5.41, 5.74) is 3.61. The number of aromatic nitrogens is 1. The molecule has 32 heavy (non-hydrogen) atoms. The van der Waals surface area contributed by atoms with Crippen molar-refractivity contribution in [2.45, 2.75) is 45.8 Å². The predicted molar refractivity (Wildman–Crippen MR) is 130 cm³/mol. The number of amides is 1. The number of hydrogen-bond donors (Lipinski definition) is 2. The molecule has 0 bridgehead atoms. The van der Waals surface area contributed by atoms with Crippen LogP contribution >= 0.6 is 0 Å². The molecule has 0 saturated carbocycles. The van der Waals surface area contributed by atoms with Crippen LogP contribution in [0.2, 0.25) is 0 Å². The number of hydrogen-bond acceptors (Lipinski definition) is 2. The molecule has 0 atom stereocenters. The lowest BCUT2D eigenvalue weighted by Crippen LogP contribution is -2.38. The van der Waals surface area contributed by atoms with Gasteiger partial charge in [0.15, 0.2) is 5.96 Å². The summed E-state index contributed by atoms with van der Waals surface area (Å²) >= 11 is 0. The lowest BCUT2D eigenvalue weighted by molar-refractivity contribution is -0.128. The van der Waals surface area contributed by atoms with Crippen LogP contribution in [0.5, 0.6) is 0 Å². The molecule has 168 valence electrons. The fourth-order valence-electron chi connectivity index (χ4n) is 4.22. The van der Waals surface area contributed by atoms with Crippen molar-refractivity contribution in [2.24, 2.45) is 4.99 Å². The average Bonchev–Trinajstić information content (AvgIpc) is 3.41. The summed E-state index contributed by atoms with van der Waals surface area (Å²) < 4.78 is 2.30. The highest BCUT2D eigenvalue weighted by Gasteiger charge is 2.19. The zero-order valence-electron chi connectivity index (χ0n) is 18.9. The Labute approximate surface area is 190 Å². The fourth-order valence-corrected chi connectivity index (χ4v) is 4.22. The van der Waals surface area contributed by atoms with Crippen LogP contribution in [0.25, 0.3) is 10.9 Å². The van der Waals surface area contributed by atoms with Crippen molar-refractivity contribution in [3.05, 3.63) is 71.9 Å². The van der Waals surface area contributed by atoms with E-state index in [4.69, 9.17) is 4.99 Å². The maximum absolute atomic E-state index is 11.9. The summed E-state index contributed by atoms with van der Waals surface area (Å²) in [4.78, 5) is 18.6. The molecule has 1 aliphatic rings. The molecule has 3 aromatic rings. The highest BCUT2D eigenvalue weighted by atomic mass is 16.2. The molecule has 4 rings (SSSR count). The van der Waals surface area contributed by atoms with E-state index in [2.05, 4.69) is 82.9 Å². The van der Waals surface area contributed by atoms with E-state index in [9.17, 15) is 4.79 Å². The van der Waals surface area contributed by atoms with Gasteiger partial charge in [0.1, 0.15) is 0 Å². The molecule has 0 spiro atoms. The van der Waals surface area contributed by atoms with Crippen molar-refractivity contribution in [1.29, 1.82) is 0 Å². The van der Waals surface area contributed by atoms with E-state index in [1.165, 1.54) is 16.5 Å². The van der Waals surface area contributed by atoms with Gasteiger partial charge >= 0.3 is 0 Å². The fraction of sp³-hybridized carbons (Fsp3) is 0.385. The molecule has 1 fully saturated rings. The number of nitrogens with one attached hydrogen (secondary N) is 2. The van der Waals surface area contributed by atoms with Gasteiger partial charge in [-0.25, -0.2) is 4.99 Å². The number of aryl methyl sites for hydroxylation is 1. The van der Waals surface area contributed by atoms with Crippen LogP contribution in [-0.4, -0.2) is 41.0 Å². The Kier molecular flexibility index (Phi) is 7.43. The van der Waals surface area contributed by atoms with Crippen LogP contribution in [0.1, 0.15) is 37.3 Å². The van der Waals surface area contributed by atoms with Crippen molar-refractivity contribution < 1.29 is 4.79 Å². The summed E-state index contributed by atoms with van der Waals surface area (Å²) in [5.74, 6) is 1.10. The Morgan fingerprint density at radius 3 is 2.78 bits per heavy atom. The second-order valence-electron chi connectivity index (χ2n) is 8.28. The molecule has 1 aromatic heterocycles. The topological polar surface area (TPSA) is 61.7 Å². The normalized spacial score (nSPS) is 14.3. The van der Waals surface area contributed by atoms with E-state index in [0.29, 0.717) is 19.5 Å². The van der Waals surface area contributed by atoms with E-state index in [-0.39, 0.29) is 5.91 Å². The maximum Gasteiger partial charge on any atom is 0.222 e. The van der Waals surface area contributed by atoms with E-state index < -0.39 is 0 Å². The van der Waals surface area contributed by atoms with Gasteiger partial charge in [-0.3, -0.25) is 4.79 Å². The van der Waals surface area contributed by atoms with Gasteiger partial charge in [0, 0.05) is 50.9 Å². The van der Waals surface area contributed by atoms with Crippen molar-refractivity contribution in [2.75, 3.05) is 19.6 Å². The second kappa shape index (κ2) is 10.8. The largest absolute Gasteiger partial charge is 0.357 e. The van der Waals surface area contributed by atoms with Crippen LogP contribution in [0.3, 0.4) is 0 Å². The quantitative estimate of drug-likeness (QED) is 0.307. The number of fused-ring (bicyclic) bond motifs is 1. The third-order valence-electron chi connectivity index (χ3n) is 5.85. The van der Waals surface area contributed by atoms with Gasteiger partial charge in [-0.05, 0) is 48.4 Å².